The maximum absolute atomic E-state index is 12.9. The van der Waals surface area contributed by atoms with Crippen molar-refractivity contribution in [3.8, 4) is 0 Å². The van der Waals surface area contributed by atoms with E-state index in [0.717, 1.165) is 17.4 Å². The molecule has 0 aliphatic rings. The van der Waals surface area contributed by atoms with Crippen LogP contribution < -0.4 is 0 Å². The second kappa shape index (κ2) is 6.25. The lowest BCUT2D eigenvalue weighted by Gasteiger charge is -1.98. The van der Waals surface area contributed by atoms with Gasteiger partial charge in [0, 0.05) is 24.4 Å². The first-order valence-corrected chi connectivity index (χ1v) is 7.15. The van der Waals surface area contributed by atoms with Gasteiger partial charge in [-0.2, -0.15) is 0 Å². The third kappa shape index (κ3) is 5.22. The van der Waals surface area contributed by atoms with Crippen LogP contribution in [0.2, 0.25) is 0 Å². The highest BCUT2D eigenvalue weighted by Gasteiger charge is 2.46. The van der Waals surface area contributed by atoms with Crippen molar-refractivity contribution >= 4 is 27.8 Å². The fourth-order valence-corrected chi connectivity index (χ4v) is 3.69. The number of halogens is 7. The zero-order valence-electron chi connectivity index (χ0n) is 11.1. The van der Waals surface area contributed by atoms with Gasteiger partial charge in [-0.3, -0.25) is 0 Å². The summed E-state index contributed by atoms with van der Waals surface area (Å²) in [5.41, 5.74) is -3.19. The number of hydrogen-bond donors (Lipinski definition) is 0. The van der Waals surface area contributed by atoms with Gasteiger partial charge in [-0.05, 0) is 18.1 Å². The molecule has 0 saturated carbocycles. The average Bonchev–Trinajstić information content (AvgIpc) is 2.60. The van der Waals surface area contributed by atoms with Crippen molar-refractivity contribution in [2.45, 2.75) is 25.8 Å². The van der Waals surface area contributed by atoms with Crippen LogP contribution in [0.1, 0.15) is 17.4 Å². The molecule has 1 aromatic carbocycles. The summed E-state index contributed by atoms with van der Waals surface area (Å²) in [5.74, 6) is 0. The van der Waals surface area contributed by atoms with E-state index in [-0.39, 0.29) is 0 Å². The van der Waals surface area contributed by atoms with Crippen molar-refractivity contribution in [3.63, 3.8) is 0 Å². The Bertz CT molecular complexity index is 606. The van der Waals surface area contributed by atoms with Gasteiger partial charge >= 0.3 is 12.8 Å². The molecule has 2 aromatic rings. The molecule has 1 atom stereocenters. The van der Waals surface area contributed by atoms with E-state index in [1.54, 1.807) is 25.1 Å². The van der Waals surface area contributed by atoms with Crippen LogP contribution in [-0.2, 0) is 11.9 Å². The Morgan fingerprint density at radius 3 is 2.00 bits per heavy atom. The molecule has 9 heteroatoms. The summed E-state index contributed by atoms with van der Waals surface area (Å²) in [4.78, 5) is 0.413. The Kier molecular flexibility index (Phi) is 5.30. The fourth-order valence-electron chi connectivity index (χ4n) is 1.85. The van der Waals surface area contributed by atoms with E-state index in [1.165, 1.54) is 0 Å². The minimum Gasteiger partial charge on any atom is -0.418 e. The summed E-state index contributed by atoms with van der Waals surface area (Å²) in [6, 6.07) is 7.02. The molecule has 0 saturated heterocycles. The van der Waals surface area contributed by atoms with Gasteiger partial charge in [0.2, 0.25) is 0 Å². The third-order valence-electron chi connectivity index (χ3n) is 2.62. The Balaban J connectivity index is 0.000000383. The number of rotatable bonds is 1. The molecule has 0 N–H and O–H groups in total. The highest BCUT2D eigenvalue weighted by atomic mass is 32.2. The van der Waals surface area contributed by atoms with Crippen LogP contribution in [0.4, 0.5) is 30.4 Å². The van der Waals surface area contributed by atoms with Gasteiger partial charge in [0.05, 0.1) is 10.5 Å². The van der Waals surface area contributed by atoms with Crippen molar-refractivity contribution in [2.75, 3.05) is 0 Å². The quantitative estimate of drug-likeness (QED) is 0.330. The average molecular weight is 332 g/mol. The molecule has 1 heterocycles. The largest absolute Gasteiger partial charge is 0.673 e. The Labute approximate surface area is 119 Å². The summed E-state index contributed by atoms with van der Waals surface area (Å²) >= 11 is 0. The van der Waals surface area contributed by atoms with E-state index in [2.05, 4.69) is 0 Å². The molecule has 0 nitrogen and oxygen atoms in total. The van der Waals surface area contributed by atoms with Crippen LogP contribution >= 0.6 is 10.5 Å². The molecule has 2 rings (SSSR count). The topological polar surface area (TPSA) is 0 Å². The molecule has 0 amide bonds. The van der Waals surface area contributed by atoms with E-state index in [1.807, 2.05) is 13.0 Å². The molecule has 21 heavy (non-hydrogen) atoms. The second-order valence-corrected chi connectivity index (χ2v) is 6.39. The SMILES string of the molecule is CCc1ccc2cc(C)[s+](C(F)(F)F)c2c1.F[B-](F)(F)F. The van der Waals surface area contributed by atoms with Gasteiger partial charge < -0.3 is 17.3 Å². The van der Waals surface area contributed by atoms with E-state index in [4.69, 9.17) is 0 Å². The molecular formula is C12H12BF7S. The Hall–Kier alpha value is -1.25. The van der Waals surface area contributed by atoms with Crippen LogP contribution in [0.3, 0.4) is 0 Å². The lowest BCUT2D eigenvalue weighted by Crippen LogP contribution is -2.02. The van der Waals surface area contributed by atoms with Crippen LogP contribution in [0.25, 0.3) is 10.1 Å². The lowest BCUT2D eigenvalue weighted by molar-refractivity contribution is -0.0867. The predicted molar refractivity (Wildman–Crippen MR) is 72.0 cm³/mol. The number of fused-ring (bicyclic) bond motifs is 1. The summed E-state index contributed by atoms with van der Waals surface area (Å²) in [6.07, 6.45) is 0.765. The van der Waals surface area contributed by atoms with Crippen molar-refractivity contribution < 1.29 is 30.4 Å². The molecule has 0 radical (unpaired) electrons. The fraction of sp³-hybridized carbons (Fsp3) is 0.333. The van der Waals surface area contributed by atoms with Crippen LogP contribution in [0, 0.1) is 6.92 Å². The van der Waals surface area contributed by atoms with Crippen LogP contribution in [-0.4, -0.2) is 7.25 Å². The van der Waals surface area contributed by atoms with E-state index in [0.29, 0.717) is 9.58 Å². The zero-order valence-corrected chi connectivity index (χ0v) is 12.0. The van der Waals surface area contributed by atoms with Gasteiger partial charge in [0.1, 0.15) is 0 Å². The van der Waals surface area contributed by atoms with Gasteiger partial charge in [0.25, 0.3) is 0 Å². The first-order valence-electron chi connectivity index (χ1n) is 5.93. The molecule has 1 unspecified atom stereocenters. The molecular weight excluding hydrogens is 320 g/mol. The molecule has 1 aromatic heterocycles. The van der Waals surface area contributed by atoms with Gasteiger partial charge in [-0.1, -0.05) is 13.0 Å². The summed E-state index contributed by atoms with van der Waals surface area (Å²) in [7, 11) is -7.72. The summed E-state index contributed by atoms with van der Waals surface area (Å²) < 4.78 is 78.1. The summed E-state index contributed by atoms with van der Waals surface area (Å²) in [6.45, 7) is 3.50. The first kappa shape index (κ1) is 17.8. The van der Waals surface area contributed by atoms with E-state index >= 15 is 0 Å². The van der Waals surface area contributed by atoms with Gasteiger partial charge in [0.15, 0.2) is 9.58 Å². The number of alkyl halides is 3. The van der Waals surface area contributed by atoms with Crippen LogP contribution in [0.5, 0.6) is 0 Å². The number of thiophene rings is 1. The smallest absolute Gasteiger partial charge is 0.418 e. The highest BCUT2D eigenvalue weighted by molar-refractivity contribution is 7.38. The van der Waals surface area contributed by atoms with E-state index < -0.39 is 23.2 Å². The Morgan fingerprint density at radius 2 is 1.57 bits per heavy atom. The maximum Gasteiger partial charge on any atom is 0.673 e. The van der Waals surface area contributed by atoms with Crippen molar-refractivity contribution in [2.24, 2.45) is 0 Å². The number of benzene rings is 1. The minimum atomic E-state index is -6.00. The standard InChI is InChI=1S/C12H12F3S.BF4/c1-3-9-4-5-10-6-8(2)16(11(10)7-9)12(13,14)15;2-1(3,4)5/h4-7H,3H2,1-2H3;/q+1;-1. The van der Waals surface area contributed by atoms with Gasteiger partial charge in [-0.15, -0.1) is 13.2 Å². The zero-order chi connectivity index (χ0) is 16.4. The van der Waals surface area contributed by atoms with Crippen molar-refractivity contribution in [3.05, 3.63) is 34.7 Å². The van der Waals surface area contributed by atoms with Crippen LogP contribution in [0.15, 0.2) is 24.3 Å². The maximum atomic E-state index is 12.9. The second-order valence-electron chi connectivity index (χ2n) is 4.23. The first-order chi connectivity index (χ1) is 9.43. The molecule has 118 valence electrons. The molecule has 0 spiro atoms. The van der Waals surface area contributed by atoms with Crippen molar-refractivity contribution in [1.82, 2.24) is 0 Å². The minimum absolute atomic E-state index is 0.413. The summed E-state index contributed by atoms with van der Waals surface area (Å²) in [5, 5.41) is 0.718. The van der Waals surface area contributed by atoms with Gasteiger partial charge in [-0.25, -0.2) is 0 Å². The van der Waals surface area contributed by atoms with E-state index in [9.17, 15) is 30.4 Å². The lowest BCUT2D eigenvalue weighted by atomic mass is 10.1. The molecule has 0 fully saturated rings. The highest BCUT2D eigenvalue weighted by Crippen LogP contribution is 2.50. The Morgan fingerprint density at radius 1 is 1.05 bits per heavy atom. The van der Waals surface area contributed by atoms with Crippen molar-refractivity contribution in [1.29, 1.82) is 0 Å². The molecule has 0 aliphatic carbocycles. The monoisotopic (exact) mass is 332 g/mol. The molecule has 0 bridgehead atoms. The third-order valence-corrected chi connectivity index (χ3v) is 4.64. The molecule has 0 aliphatic heterocycles. The predicted octanol–water partition coefficient (Wildman–Crippen LogP) is 6.24. The number of aryl methyl sites for hydroxylation is 2. The normalized spacial score (nSPS) is 13.1. The number of hydrogen-bond acceptors (Lipinski definition) is 0.